The van der Waals surface area contributed by atoms with Crippen molar-refractivity contribution < 1.29 is 23.1 Å². The third-order valence-electron chi connectivity index (χ3n) is 8.01. The van der Waals surface area contributed by atoms with Gasteiger partial charge in [0.25, 0.3) is 0 Å². The first-order valence-corrected chi connectivity index (χ1v) is 12.9. The van der Waals surface area contributed by atoms with Gasteiger partial charge in [-0.15, -0.1) is 0 Å². The fraction of sp³-hybridized carbons (Fsp3) is 0.536. The van der Waals surface area contributed by atoms with Gasteiger partial charge in [0.2, 0.25) is 12.3 Å². The standard InChI is InChI=1S/C28H36F2N4O3/c1-6-19-12-22(28(31-16-35)34-15-17(3)33(14-18(34)4)24(36)7-2)26-27(37-11-10-32(26)5)25(19)21-9-8-20(29)13-23(21)30/h7-9,12-13,16-19,25-27H,2,6,10-11,14-15H2,1,3-5H3/t17-,18+,19?,25?,26?,27?/m1/s1. The van der Waals surface area contributed by atoms with Gasteiger partial charge in [0.05, 0.1) is 18.8 Å². The summed E-state index contributed by atoms with van der Waals surface area (Å²) in [5.41, 5.74) is 1.30. The average Bonchev–Trinajstić information content (AvgIpc) is 2.88. The average molecular weight is 515 g/mol. The van der Waals surface area contributed by atoms with E-state index in [1.807, 2.05) is 27.8 Å². The molecule has 37 heavy (non-hydrogen) atoms. The largest absolute Gasteiger partial charge is 0.374 e. The van der Waals surface area contributed by atoms with Gasteiger partial charge in [-0.25, -0.2) is 8.78 Å². The van der Waals surface area contributed by atoms with E-state index in [1.54, 1.807) is 4.90 Å². The van der Waals surface area contributed by atoms with Gasteiger partial charge in [-0.3, -0.25) is 14.5 Å². The van der Waals surface area contributed by atoms with E-state index >= 15 is 4.39 Å². The molecule has 0 aromatic heterocycles. The molecule has 0 saturated carbocycles. The van der Waals surface area contributed by atoms with Crippen LogP contribution in [0.4, 0.5) is 8.78 Å². The highest BCUT2D eigenvalue weighted by molar-refractivity contribution is 6.03. The Morgan fingerprint density at radius 1 is 1.22 bits per heavy atom. The fourth-order valence-corrected chi connectivity index (χ4v) is 6.17. The monoisotopic (exact) mass is 514 g/mol. The van der Waals surface area contributed by atoms with E-state index in [4.69, 9.17) is 4.74 Å². The number of aliphatic imine (C=N–C) groups is 1. The van der Waals surface area contributed by atoms with Gasteiger partial charge in [-0.05, 0) is 50.9 Å². The van der Waals surface area contributed by atoms with Crippen LogP contribution in [0.1, 0.15) is 38.7 Å². The number of amides is 2. The zero-order valence-corrected chi connectivity index (χ0v) is 21.9. The number of carbonyl (C=O) groups excluding carboxylic acids is 2. The van der Waals surface area contributed by atoms with E-state index in [0.717, 1.165) is 11.6 Å². The second kappa shape index (κ2) is 11.2. The van der Waals surface area contributed by atoms with E-state index in [0.29, 0.717) is 50.5 Å². The number of hydrogen-bond acceptors (Lipinski definition) is 4. The number of allylic oxidation sites excluding steroid dienone is 1. The van der Waals surface area contributed by atoms with Gasteiger partial charge in [-0.2, -0.15) is 4.99 Å². The van der Waals surface area contributed by atoms with Crippen LogP contribution in [0.3, 0.4) is 0 Å². The number of amidine groups is 1. The number of likely N-dealkylation sites (N-methyl/N-ethyl adjacent to an activating group) is 1. The molecule has 2 aliphatic heterocycles. The van der Waals surface area contributed by atoms with Crippen molar-refractivity contribution in [3.05, 3.63) is 59.7 Å². The highest BCUT2D eigenvalue weighted by Crippen LogP contribution is 2.45. The van der Waals surface area contributed by atoms with Crippen LogP contribution in [0.25, 0.3) is 0 Å². The van der Waals surface area contributed by atoms with Gasteiger partial charge in [0.15, 0.2) is 0 Å². The Balaban J connectivity index is 1.78. The second-order valence-corrected chi connectivity index (χ2v) is 10.2. The van der Waals surface area contributed by atoms with Crippen LogP contribution in [-0.2, 0) is 14.3 Å². The minimum Gasteiger partial charge on any atom is -0.374 e. The Hall–Kier alpha value is -2.91. The Bertz CT molecular complexity index is 1110. The van der Waals surface area contributed by atoms with Crippen LogP contribution in [0.5, 0.6) is 0 Å². The smallest absolute Gasteiger partial charge is 0.246 e. The van der Waals surface area contributed by atoms with Gasteiger partial charge < -0.3 is 14.5 Å². The molecule has 9 heteroatoms. The van der Waals surface area contributed by atoms with Crippen molar-refractivity contribution in [2.24, 2.45) is 10.9 Å². The van der Waals surface area contributed by atoms with Crippen LogP contribution in [-0.4, -0.2) is 90.4 Å². The normalized spacial score (nSPS) is 31.0. The van der Waals surface area contributed by atoms with Gasteiger partial charge >= 0.3 is 0 Å². The summed E-state index contributed by atoms with van der Waals surface area (Å²) in [6.07, 6.45) is 4.27. The minimum atomic E-state index is -0.614. The molecular formula is C28H36F2N4O3. The maximum absolute atomic E-state index is 15.0. The van der Waals surface area contributed by atoms with Crippen molar-refractivity contribution in [2.45, 2.75) is 57.3 Å². The van der Waals surface area contributed by atoms with E-state index in [-0.39, 0.29) is 35.9 Å². The maximum Gasteiger partial charge on any atom is 0.246 e. The molecule has 0 spiro atoms. The number of ether oxygens (including phenoxy) is 1. The lowest BCUT2D eigenvalue weighted by Crippen LogP contribution is -2.62. The molecule has 1 aromatic carbocycles. The molecule has 1 aromatic rings. The zero-order chi connectivity index (χ0) is 26.9. The summed E-state index contributed by atoms with van der Waals surface area (Å²) < 4.78 is 35.1. The van der Waals surface area contributed by atoms with Crippen LogP contribution in [0, 0.1) is 17.6 Å². The zero-order valence-electron chi connectivity index (χ0n) is 21.9. The molecule has 2 amide bonds. The lowest BCUT2D eigenvalue weighted by atomic mass is 9.70. The molecule has 0 radical (unpaired) electrons. The Morgan fingerprint density at radius 3 is 2.57 bits per heavy atom. The van der Waals surface area contributed by atoms with Gasteiger partial charge in [-0.1, -0.05) is 25.6 Å². The van der Waals surface area contributed by atoms with Crippen molar-refractivity contribution in [3.63, 3.8) is 0 Å². The number of nitrogens with zero attached hydrogens (tertiary/aromatic N) is 4. The summed E-state index contributed by atoms with van der Waals surface area (Å²) in [5, 5.41) is 0. The summed E-state index contributed by atoms with van der Waals surface area (Å²) in [6.45, 7) is 11.7. The Labute approximate surface area is 217 Å². The lowest BCUT2D eigenvalue weighted by Gasteiger charge is -2.51. The molecule has 7 nitrogen and oxygen atoms in total. The van der Waals surface area contributed by atoms with Gasteiger partial charge in [0, 0.05) is 49.3 Å². The second-order valence-electron chi connectivity index (χ2n) is 10.2. The molecule has 4 unspecified atom stereocenters. The quantitative estimate of drug-likeness (QED) is 0.261. The van der Waals surface area contributed by atoms with Crippen LogP contribution < -0.4 is 0 Å². The summed E-state index contributed by atoms with van der Waals surface area (Å²) in [6, 6.07) is 3.25. The van der Waals surface area contributed by atoms with Crippen molar-refractivity contribution >= 4 is 18.2 Å². The third-order valence-corrected chi connectivity index (χ3v) is 8.01. The first-order valence-electron chi connectivity index (χ1n) is 12.9. The summed E-state index contributed by atoms with van der Waals surface area (Å²) in [5.74, 6) is -1.20. The number of rotatable bonds is 5. The number of morpholine rings is 1. The molecule has 3 aliphatic rings. The molecule has 2 saturated heterocycles. The molecule has 1 aliphatic carbocycles. The van der Waals surface area contributed by atoms with E-state index in [2.05, 4.69) is 27.4 Å². The number of carbonyl (C=O) groups is 2. The molecule has 0 N–H and O–H groups in total. The number of hydrogen-bond donors (Lipinski definition) is 0. The summed E-state index contributed by atoms with van der Waals surface area (Å²) in [7, 11) is 1.99. The highest BCUT2D eigenvalue weighted by atomic mass is 19.1. The molecule has 0 bridgehead atoms. The Kier molecular flexibility index (Phi) is 8.23. The number of piperazine rings is 1. The maximum atomic E-state index is 15.0. The van der Waals surface area contributed by atoms with E-state index < -0.39 is 17.7 Å². The molecule has 6 atom stereocenters. The lowest BCUT2D eigenvalue weighted by molar-refractivity contribution is -0.130. The molecule has 4 rings (SSSR count). The van der Waals surface area contributed by atoms with Crippen LogP contribution in [0.15, 0.2) is 47.5 Å². The molecular weight excluding hydrogens is 478 g/mol. The predicted molar refractivity (Wildman–Crippen MR) is 138 cm³/mol. The van der Waals surface area contributed by atoms with E-state index in [1.165, 1.54) is 18.2 Å². The van der Waals surface area contributed by atoms with Crippen LogP contribution in [0.2, 0.25) is 0 Å². The SMILES string of the molecule is C=CC(=O)N1C[C@H](C)N(C(=NC=O)C2=CC(CC)C(c3ccc(F)cc3F)C3OCCN(C)C23)C[C@H]1C. The molecule has 200 valence electrons. The number of halogens is 2. The number of fused-ring (bicyclic) bond motifs is 1. The van der Waals surface area contributed by atoms with Crippen molar-refractivity contribution in [1.29, 1.82) is 0 Å². The van der Waals surface area contributed by atoms with E-state index in [9.17, 15) is 14.0 Å². The minimum absolute atomic E-state index is 0.0969. The molecule has 2 fully saturated rings. The highest BCUT2D eigenvalue weighted by Gasteiger charge is 2.48. The van der Waals surface area contributed by atoms with Crippen molar-refractivity contribution in [2.75, 3.05) is 33.3 Å². The van der Waals surface area contributed by atoms with Crippen LogP contribution >= 0.6 is 0 Å². The third kappa shape index (κ3) is 5.11. The first-order chi connectivity index (χ1) is 17.7. The molecule has 2 heterocycles. The first kappa shape index (κ1) is 27.1. The topological polar surface area (TPSA) is 65.5 Å². The Morgan fingerprint density at radius 2 is 1.92 bits per heavy atom. The predicted octanol–water partition coefficient (Wildman–Crippen LogP) is 3.38. The number of benzene rings is 1. The van der Waals surface area contributed by atoms with Crippen molar-refractivity contribution in [1.82, 2.24) is 14.7 Å². The summed E-state index contributed by atoms with van der Waals surface area (Å²) >= 11 is 0. The van der Waals surface area contributed by atoms with Gasteiger partial charge in [0.1, 0.15) is 17.5 Å². The van der Waals surface area contributed by atoms with Crippen molar-refractivity contribution in [3.8, 4) is 0 Å². The summed E-state index contributed by atoms with van der Waals surface area (Å²) in [4.78, 5) is 34.5. The fourth-order valence-electron chi connectivity index (χ4n) is 6.17.